The predicted octanol–water partition coefficient (Wildman–Crippen LogP) is 1.76. The van der Waals surface area contributed by atoms with Crippen molar-refractivity contribution in [2.75, 3.05) is 6.61 Å². The Hall–Kier alpha value is -1.62. The average molecular weight is 232 g/mol. The van der Waals surface area contributed by atoms with E-state index in [2.05, 4.69) is 19.5 Å². The number of ether oxygens (including phenoxy) is 1. The zero-order valence-corrected chi connectivity index (χ0v) is 9.89. The molecule has 90 valence electrons. The van der Waals surface area contributed by atoms with Gasteiger partial charge in [-0.15, -0.1) is 0 Å². The van der Waals surface area contributed by atoms with E-state index >= 15 is 0 Å². The third-order valence-corrected chi connectivity index (χ3v) is 3.18. The van der Waals surface area contributed by atoms with Gasteiger partial charge in [-0.25, -0.2) is 9.97 Å². The molecule has 0 unspecified atom stereocenters. The van der Waals surface area contributed by atoms with Crippen LogP contribution < -0.4 is 0 Å². The quantitative estimate of drug-likeness (QED) is 0.877. The Kier molecular flexibility index (Phi) is 2.68. The fourth-order valence-electron chi connectivity index (χ4n) is 2.27. The normalized spacial score (nSPS) is 19.9. The number of aromatic amines is 1. The van der Waals surface area contributed by atoms with E-state index in [1.54, 1.807) is 6.33 Å². The van der Waals surface area contributed by atoms with Crippen LogP contribution in [0, 0.1) is 6.92 Å². The number of hydrogen-bond donors (Lipinski definition) is 1. The lowest BCUT2D eigenvalue weighted by atomic mass is 10.2. The lowest BCUT2D eigenvalue weighted by Gasteiger charge is -2.12. The number of nitrogens with one attached hydrogen (secondary N) is 1. The summed E-state index contributed by atoms with van der Waals surface area (Å²) in [6.45, 7) is 3.76. The van der Waals surface area contributed by atoms with Gasteiger partial charge in [-0.05, 0) is 19.8 Å². The van der Waals surface area contributed by atoms with E-state index in [1.807, 2.05) is 19.3 Å². The van der Waals surface area contributed by atoms with Crippen molar-refractivity contribution in [2.24, 2.45) is 0 Å². The molecule has 3 rings (SSSR count). The number of aryl methyl sites for hydroxylation is 1. The van der Waals surface area contributed by atoms with Gasteiger partial charge in [-0.1, -0.05) is 0 Å². The summed E-state index contributed by atoms with van der Waals surface area (Å²) in [6, 6.07) is 0. The molecule has 0 amide bonds. The van der Waals surface area contributed by atoms with Gasteiger partial charge in [0.25, 0.3) is 0 Å². The lowest BCUT2D eigenvalue weighted by molar-refractivity contribution is 0.0973. The summed E-state index contributed by atoms with van der Waals surface area (Å²) in [6.07, 6.45) is 8.13. The molecule has 0 spiro atoms. The Morgan fingerprint density at radius 1 is 1.53 bits per heavy atom. The fourth-order valence-corrected chi connectivity index (χ4v) is 2.27. The highest BCUT2D eigenvalue weighted by Crippen LogP contribution is 2.20. The highest BCUT2D eigenvalue weighted by atomic mass is 16.5. The topological polar surface area (TPSA) is 55.7 Å². The van der Waals surface area contributed by atoms with Crippen LogP contribution >= 0.6 is 0 Å². The second kappa shape index (κ2) is 4.33. The van der Waals surface area contributed by atoms with Crippen LogP contribution in [0.5, 0.6) is 0 Å². The van der Waals surface area contributed by atoms with Gasteiger partial charge in [0, 0.05) is 24.7 Å². The van der Waals surface area contributed by atoms with Crippen molar-refractivity contribution in [1.82, 2.24) is 19.5 Å². The SMILES string of the molecule is Cc1[nH]cnc1-c1nccn1C[C@@H]1CCCO1. The molecule has 0 bridgehead atoms. The minimum Gasteiger partial charge on any atom is -0.376 e. The first-order valence-electron chi connectivity index (χ1n) is 5.97. The van der Waals surface area contributed by atoms with E-state index in [0.29, 0.717) is 6.10 Å². The molecular weight excluding hydrogens is 216 g/mol. The highest BCUT2D eigenvalue weighted by Gasteiger charge is 2.18. The van der Waals surface area contributed by atoms with Gasteiger partial charge in [0.05, 0.1) is 19.0 Å². The van der Waals surface area contributed by atoms with Gasteiger partial charge >= 0.3 is 0 Å². The Labute approximate surface area is 99.9 Å². The molecular formula is C12H16N4O. The van der Waals surface area contributed by atoms with Gasteiger partial charge in [-0.3, -0.25) is 0 Å². The molecule has 1 N–H and O–H groups in total. The third-order valence-electron chi connectivity index (χ3n) is 3.18. The summed E-state index contributed by atoms with van der Waals surface area (Å²) in [4.78, 5) is 11.8. The second-order valence-electron chi connectivity index (χ2n) is 4.41. The van der Waals surface area contributed by atoms with Crippen LogP contribution in [0.4, 0.5) is 0 Å². The first-order valence-corrected chi connectivity index (χ1v) is 5.97. The molecule has 2 aromatic heterocycles. The molecule has 5 nitrogen and oxygen atoms in total. The zero-order chi connectivity index (χ0) is 11.7. The Morgan fingerprint density at radius 3 is 3.18 bits per heavy atom. The van der Waals surface area contributed by atoms with E-state index in [9.17, 15) is 0 Å². The summed E-state index contributed by atoms with van der Waals surface area (Å²) < 4.78 is 7.78. The molecule has 17 heavy (non-hydrogen) atoms. The van der Waals surface area contributed by atoms with Crippen molar-refractivity contribution in [2.45, 2.75) is 32.4 Å². The lowest BCUT2D eigenvalue weighted by Crippen LogP contribution is -2.15. The van der Waals surface area contributed by atoms with Crippen LogP contribution in [0.1, 0.15) is 18.5 Å². The van der Waals surface area contributed by atoms with Gasteiger partial charge in [0.2, 0.25) is 0 Å². The Bertz CT molecular complexity index is 496. The van der Waals surface area contributed by atoms with Crippen LogP contribution in [0.3, 0.4) is 0 Å². The molecule has 1 atom stereocenters. The largest absolute Gasteiger partial charge is 0.376 e. The molecule has 1 aliphatic heterocycles. The van der Waals surface area contributed by atoms with Crippen molar-refractivity contribution < 1.29 is 4.74 Å². The number of H-pyrrole nitrogens is 1. The van der Waals surface area contributed by atoms with Crippen molar-refractivity contribution in [1.29, 1.82) is 0 Å². The van der Waals surface area contributed by atoms with E-state index in [-0.39, 0.29) is 0 Å². The van der Waals surface area contributed by atoms with Gasteiger partial charge in [-0.2, -0.15) is 0 Å². The fraction of sp³-hybridized carbons (Fsp3) is 0.500. The number of hydrogen-bond acceptors (Lipinski definition) is 3. The average Bonchev–Trinajstić information content (AvgIpc) is 3.00. The van der Waals surface area contributed by atoms with Crippen LogP contribution in [0.2, 0.25) is 0 Å². The maximum Gasteiger partial charge on any atom is 0.160 e. The molecule has 1 aliphatic rings. The van der Waals surface area contributed by atoms with Gasteiger partial charge < -0.3 is 14.3 Å². The highest BCUT2D eigenvalue weighted by molar-refractivity contribution is 5.52. The molecule has 3 heterocycles. The summed E-state index contributed by atoms with van der Waals surface area (Å²) in [5.41, 5.74) is 1.97. The number of imidazole rings is 2. The van der Waals surface area contributed by atoms with Crippen molar-refractivity contribution in [3.8, 4) is 11.5 Å². The molecule has 0 radical (unpaired) electrons. The van der Waals surface area contributed by atoms with E-state index in [4.69, 9.17) is 4.74 Å². The minimum absolute atomic E-state index is 0.321. The zero-order valence-electron chi connectivity index (χ0n) is 9.89. The Balaban J connectivity index is 1.86. The molecule has 0 saturated carbocycles. The standard InChI is InChI=1S/C12H16N4O/c1-9-11(15-8-14-9)12-13-4-5-16(12)7-10-3-2-6-17-10/h4-5,8,10H,2-3,6-7H2,1H3,(H,14,15)/t10-/m0/s1. The third kappa shape index (κ3) is 1.98. The van der Waals surface area contributed by atoms with E-state index in [0.717, 1.165) is 43.2 Å². The first-order chi connectivity index (χ1) is 8.34. The van der Waals surface area contributed by atoms with Gasteiger partial charge in [0.1, 0.15) is 5.69 Å². The van der Waals surface area contributed by atoms with Gasteiger partial charge in [0.15, 0.2) is 5.82 Å². The van der Waals surface area contributed by atoms with Crippen LogP contribution in [-0.2, 0) is 11.3 Å². The molecule has 1 fully saturated rings. The summed E-state index contributed by atoms with van der Waals surface area (Å²) in [5.74, 6) is 0.916. The summed E-state index contributed by atoms with van der Waals surface area (Å²) >= 11 is 0. The summed E-state index contributed by atoms with van der Waals surface area (Å²) in [7, 11) is 0. The summed E-state index contributed by atoms with van der Waals surface area (Å²) in [5, 5.41) is 0. The maximum absolute atomic E-state index is 5.65. The predicted molar refractivity (Wildman–Crippen MR) is 63.5 cm³/mol. The molecule has 0 aromatic carbocycles. The molecule has 0 aliphatic carbocycles. The van der Waals surface area contributed by atoms with Crippen LogP contribution in [0.15, 0.2) is 18.7 Å². The molecule has 2 aromatic rings. The van der Waals surface area contributed by atoms with Crippen LogP contribution in [0.25, 0.3) is 11.5 Å². The monoisotopic (exact) mass is 232 g/mol. The number of rotatable bonds is 3. The molecule has 1 saturated heterocycles. The first kappa shape index (κ1) is 10.5. The van der Waals surface area contributed by atoms with E-state index in [1.165, 1.54) is 0 Å². The number of aromatic nitrogens is 4. The van der Waals surface area contributed by atoms with Crippen LogP contribution in [-0.4, -0.2) is 32.2 Å². The molecule has 5 heteroatoms. The van der Waals surface area contributed by atoms with Crippen molar-refractivity contribution in [3.63, 3.8) is 0 Å². The minimum atomic E-state index is 0.321. The smallest absolute Gasteiger partial charge is 0.160 e. The second-order valence-corrected chi connectivity index (χ2v) is 4.41. The van der Waals surface area contributed by atoms with Crippen molar-refractivity contribution >= 4 is 0 Å². The van der Waals surface area contributed by atoms with Crippen molar-refractivity contribution in [3.05, 3.63) is 24.4 Å². The Morgan fingerprint density at radius 2 is 2.47 bits per heavy atom. The number of nitrogens with zero attached hydrogens (tertiary/aromatic N) is 3. The van der Waals surface area contributed by atoms with E-state index < -0.39 is 0 Å². The maximum atomic E-state index is 5.65.